The largest absolute Gasteiger partial charge is 0.478 e. The first kappa shape index (κ1) is 9.19. The van der Waals surface area contributed by atoms with Gasteiger partial charge >= 0.3 is 5.97 Å². The fourth-order valence-electron chi connectivity index (χ4n) is 0.858. The minimum Gasteiger partial charge on any atom is -0.478 e. The second-order valence-corrected chi connectivity index (χ2v) is 2.42. The van der Waals surface area contributed by atoms with Crippen molar-refractivity contribution in [3.63, 3.8) is 0 Å². The molecule has 3 nitrogen and oxygen atoms in total. The molecule has 1 N–H and O–H groups in total. The van der Waals surface area contributed by atoms with Crippen molar-refractivity contribution in [2.75, 3.05) is 0 Å². The number of carboxylic acid groups (broad SMARTS) is 1. The van der Waals surface area contributed by atoms with Gasteiger partial charge < -0.3 is 5.11 Å². The minimum absolute atomic E-state index is 0.771. The van der Waals surface area contributed by atoms with Crippen molar-refractivity contribution in [2.45, 2.75) is 0 Å². The molecule has 3 heteroatoms. The molecule has 0 aromatic heterocycles. The average Bonchev–Trinajstić information content (AvgIpc) is 2.15. The smallest absolute Gasteiger partial charge is 0.328 e. The van der Waals surface area contributed by atoms with Gasteiger partial charge in [0.05, 0.1) is 5.69 Å². The van der Waals surface area contributed by atoms with Crippen LogP contribution < -0.4 is 0 Å². The van der Waals surface area contributed by atoms with Gasteiger partial charge in [-0.05, 0) is 30.5 Å². The summed E-state index contributed by atoms with van der Waals surface area (Å²) in [7, 11) is 0. The Labute approximate surface area is 76.1 Å². The highest BCUT2D eigenvalue weighted by Gasteiger charge is 1.89. The van der Waals surface area contributed by atoms with Crippen LogP contribution in [0, 0.1) is 0 Å². The van der Waals surface area contributed by atoms with Gasteiger partial charge in [0.2, 0.25) is 0 Å². The van der Waals surface area contributed by atoms with Gasteiger partial charge in [-0.1, -0.05) is 12.1 Å². The molecule has 1 aromatic rings. The quantitative estimate of drug-likeness (QED) is 0.565. The van der Waals surface area contributed by atoms with Crippen LogP contribution in [0.4, 0.5) is 5.69 Å². The number of aliphatic carboxylic acids is 1. The molecule has 0 amide bonds. The Hall–Kier alpha value is -1.90. The summed E-state index contributed by atoms with van der Waals surface area (Å²) in [5, 5.41) is 8.36. The van der Waals surface area contributed by atoms with E-state index in [0.29, 0.717) is 0 Å². The highest BCUT2D eigenvalue weighted by molar-refractivity contribution is 5.85. The van der Waals surface area contributed by atoms with Crippen LogP contribution in [0.1, 0.15) is 5.56 Å². The zero-order valence-corrected chi connectivity index (χ0v) is 6.97. The van der Waals surface area contributed by atoms with E-state index in [2.05, 4.69) is 11.7 Å². The molecule has 1 rings (SSSR count). The van der Waals surface area contributed by atoms with E-state index in [0.717, 1.165) is 17.3 Å². The number of aliphatic imine (C=N–C) groups is 1. The zero-order chi connectivity index (χ0) is 9.68. The molecule has 66 valence electrons. The van der Waals surface area contributed by atoms with Crippen LogP contribution in [-0.4, -0.2) is 17.8 Å². The van der Waals surface area contributed by atoms with Gasteiger partial charge in [-0.15, -0.1) is 0 Å². The molecule has 0 bridgehead atoms. The first-order chi connectivity index (χ1) is 6.22. The summed E-state index contributed by atoms with van der Waals surface area (Å²) in [4.78, 5) is 13.9. The van der Waals surface area contributed by atoms with Crippen molar-refractivity contribution in [2.24, 2.45) is 4.99 Å². The van der Waals surface area contributed by atoms with Crippen molar-refractivity contribution in [3.05, 3.63) is 35.9 Å². The Morgan fingerprint density at radius 2 is 2.00 bits per heavy atom. The lowest BCUT2D eigenvalue weighted by atomic mass is 10.2. The maximum absolute atomic E-state index is 10.2. The van der Waals surface area contributed by atoms with Crippen LogP contribution >= 0.6 is 0 Å². The zero-order valence-electron chi connectivity index (χ0n) is 6.97. The molecule has 0 aliphatic rings. The van der Waals surface area contributed by atoms with Crippen molar-refractivity contribution in [1.82, 2.24) is 0 Å². The van der Waals surface area contributed by atoms with Crippen LogP contribution in [0.15, 0.2) is 35.3 Å². The van der Waals surface area contributed by atoms with Gasteiger partial charge in [0, 0.05) is 6.08 Å². The number of carboxylic acids is 1. The Kier molecular flexibility index (Phi) is 2.97. The Morgan fingerprint density at radius 1 is 1.38 bits per heavy atom. The molecule has 1 aromatic carbocycles. The molecule has 0 heterocycles. The molecule has 0 spiro atoms. The van der Waals surface area contributed by atoms with Gasteiger partial charge in [-0.25, -0.2) is 4.79 Å². The Balaban J connectivity index is 2.80. The van der Waals surface area contributed by atoms with E-state index in [-0.39, 0.29) is 0 Å². The van der Waals surface area contributed by atoms with Crippen LogP contribution in [-0.2, 0) is 4.79 Å². The summed E-state index contributed by atoms with van der Waals surface area (Å²) < 4.78 is 0. The molecular weight excluding hydrogens is 166 g/mol. The number of hydrogen-bond acceptors (Lipinski definition) is 2. The van der Waals surface area contributed by atoms with Crippen LogP contribution in [0.25, 0.3) is 6.08 Å². The number of carbonyl (C=O) groups is 1. The minimum atomic E-state index is -0.953. The van der Waals surface area contributed by atoms with Gasteiger partial charge in [-0.2, -0.15) is 0 Å². The first-order valence-electron chi connectivity index (χ1n) is 3.70. The van der Waals surface area contributed by atoms with E-state index in [1.165, 1.54) is 6.08 Å². The summed E-state index contributed by atoms with van der Waals surface area (Å²) in [6.07, 6.45) is 2.62. The highest BCUT2D eigenvalue weighted by atomic mass is 16.4. The fourth-order valence-corrected chi connectivity index (χ4v) is 0.858. The Morgan fingerprint density at radius 3 is 2.46 bits per heavy atom. The second-order valence-electron chi connectivity index (χ2n) is 2.42. The summed E-state index contributed by atoms with van der Waals surface area (Å²) in [6.45, 7) is 3.37. The highest BCUT2D eigenvalue weighted by Crippen LogP contribution is 2.12. The summed E-state index contributed by atoms with van der Waals surface area (Å²) in [5.74, 6) is -0.953. The molecule has 0 aliphatic heterocycles. The van der Waals surface area contributed by atoms with E-state index in [1.54, 1.807) is 24.3 Å². The lowest BCUT2D eigenvalue weighted by molar-refractivity contribution is -0.131. The fraction of sp³-hybridized carbons (Fsp3) is 0. The number of benzene rings is 1. The predicted molar refractivity (Wildman–Crippen MR) is 52.3 cm³/mol. The molecule has 0 saturated heterocycles. The van der Waals surface area contributed by atoms with Crippen molar-refractivity contribution < 1.29 is 9.90 Å². The van der Waals surface area contributed by atoms with E-state index in [4.69, 9.17) is 5.11 Å². The second kappa shape index (κ2) is 4.21. The van der Waals surface area contributed by atoms with Crippen molar-refractivity contribution >= 4 is 24.5 Å². The maximum Gasteiger partial charge on any atom is 0.328 e. The van der Waals surface area contributed by atoms with Crippen LogP contribution in [0.5, 0.6) is 0 Å². The normalized spacial score (nSPS) is 10.2. The topological polar surface area (TPSA) is 49.7 Å². The van der Waals surface area contributed by atoms with E-state index in [1.807, 2.05) is 0 Å². The molecule has 0 unspecified atom stereocenters. The van der Waals surface area contributed by atoms with E-state index >= 15 is 0 Å². The van der Waals surface area contributed by atoms with E-state index in [9.17, 15) is 4.79 Å². The lowest BCUT2D eigenvalue weighted by Gasteiger charge is -1.93. The molecule has 0 atom stereocenters. The van der Waals surface area contributed by atoms with Gasteiger partial charge in [0.15, 0.2) is 0 Å². The number of hydrogen-bond donors (Lipinski definition) is 1. The standard InChI is InChI=1S/C10H9NO2/c1-11-9-5-2-8(3-6-9)4-7-10(12)13/h2-7H,1H2,(H,12,13)/b7-4+. The van der Waals surface area contributed by atoms with Crippen molar-refractivity contribution in [3.8, 4) is 0 Å². The van der Waals surface area contributed by atoms with Crippen LogP contribution in [0.2, 0.25) is 0 Å². The summed E-state index contributed by atoms with van der Waals surface area (Å²) in [6, 6.07) is 7.11. The molecule has 13 heavy (non-hydrogen) atoms. The average molecular weight is 175 g/mol. The summed E-state index contributed by atoms with van der Waals surface area (Å²) >= 11 is 0. The molecular formula is C10H9NO2. The third-order valence-electron chi connectivity index (χ3n) is 1.49. The third-order valence-corrected chi connectivity index (χ3v) is 1.49. The van der Waals surface area contributed by atoms with Crippen molar-refractivity contribution in [1.29, 1.82) is 0 Å². The first-order valence-corrected chi connectivity index (χ1v) is 3.70. The van der Waals surface area contributed by atoms with Gasteiger partial charge in [0.1, 0.15) is 0 Å². The van der Waals surface area contributed by atoms with E-state index < -0.39 is 5.97 Å². The maximum atomic E-state index is 10.2. The third kappa shape index (κ3) is 2.91. The Bertz CT molecular complexity index is 338. The molecule has 0 fully saturated rings. The van der Waals surface area contributed by atoms with Crippen LogP contribution in [0.3, 0.4) is 0 Å². The van der Waals surface area contributed by atoms with Gasteiger partial charge in [0.25, 0.3) is 0 Å². The number of rotatable bonds is 3. The lowest BCUT2D eigenvalue weighted by Crippen LogP contribution is -1.85. The summed E-state index contributed by atoms with van der Waals surface area (Å²) in [5.41, 5.74) is 1.60. The van der Waals surface area contributed by atoms with Gasteiger partial charge in [-0.3, -0.25) is 4.99 Å². The monoisotopic (exact) mass is 175 g/mol. The molecule has 0 radical (unpaired) electrons. The molecule has 0 saturated carbocycles. The number of nitrogens with zero attached hydrogens (tertiary/aromatic N) is 1. The SMILES string of the molecule is C=Nc1ccc(/C=C/C(=O)O)cc1. The molecule has 0 aliphatic carbocycles. The predicted octanol–water partition coefficient (Wildman–Crippen LogP) is 2.12.